The van der Waals surface area contributed by atoms with Crippen molar-refractivity contribution < 1.29 is 14.3 Å². The van der Waals surface area contributed by atoms with E-state index in [-0.39, 0.29) is 24.2 Å². The Kier molecular flexibility index (Phi) is 10.6. The Hall–Kier alpha value is -0.940. The standard InChI is InChI=1S/C13H26N2O3/c1-11(16)12(15-2)7-8-13(17)18-10-6-4-3-5-9-14/h12,15H,3-10,14H2,1-2H3/t12-/m0/s1. The van der Waals surface area contributed by atoms with Gasteiger partial charge in [-0.3, -0.25) is 9.59 Å². The minimum Gasteiger partial charge on any atom is -0.466 e. The fourth-order valence-corrected chi connectivity index (χ4v) is 1.67. The van der Waals surface area contributed by atoms with Crippen LogP contribution < -0.4 is 11.1 Å². The van der Waals surface area contributed by atoms with Gasteiger partial charge in [-0.05, 0) is 39.8 Å². The smallest absolute Gasteiger partial charge is 0.305 e. The van der Waals surface area contributed by atoms with Crippen LogP contribution in [0.3, 0.4) is 0 Å². The summed E-state index contributed by atoms with van der Waals surface area (Å²) in [6, 6.07) is -0.248. The van der Waals surface area contributed by atoms with Gasteiger partial charge in [0.2, 0.25) is 0 Å². The minimum absolute atomic E-state index is 0.0482. The Bertz CT molecular complexity index is 244. The SMILES string of the molecule is CN[C@@H](CCC(=O)OCCCCCCN)C(C)=O. The maximum atomic E-state index is 11.4. The number of nitrogens with one attached hydrogen (secondary N) is 1. The van der Waals surface area contributed by atoms with E-state index in [0.717, 1.165) is 32.2 Å². The number of nitrogens with two attached hydrogens (primary N) is 1. The number of hydrogen-bond acceptors (Lipinski definition) is 5. The molecule has 0 aromatic carbocycles. The van der Waals surface area contributed by atoms with Crippen molar-refractivity contribution in [2.24, 2.45) is 5.73 Å². The van der Waals surface area contributed by atoms with Gasteiger partial charge in [0, 0.05) is 6.42 Å². The summed E-state index contributed by atoms with van der Waals surface area (Å²) in [5.41, 5.74) is 5.38. The predicted molar refractivity (Wildman–Crippen MR) is 71.2 cm³/mol. The molecule has 0 amide bonds. The molecule has 0 saturated carbocycles. The van der Waals surface area contributed by atoms with Crippen LogP contribution in [0.1, 0.15) is 45.4 Å². The zero-order chi connectivity index (χ0) is 13.8. The number of carbonyl (C=O) groups is 2. The third-order valence-corrected chi connectivity index (χ3v) is 2.84. The number of esters is 1. The third-order valence-electron chi connectivity index (χ3n) is 2.84. The Labute approximate surface area is 109 Å². The first-order chi connectivity index (χ1) is 8.61. The summed E-state index contributed by atoms with van der Waals surface area (Å²) in [5, 5.41) is 2.88. The molecule has 5 heteroatoms. The van der Waals surface area contributed by atoms with Crippen LogP contribution in [0.15, 0.2) is 0 Å². The lowest BCUT2D eigenvalue weighted by atomic mass is 10.1. The Balaban J connectivity index is 3.50. The van der Waals surface area contributed by atoms with Crippen molar-refractivity contribution in [3.8, 4) is 0 Å². The van der Waals surface area contributed by atoms with Crippen molar-refractivity contribution in [1.29, 1.82) is 0 Å². The molecule has 0 radical (unpaired) electrons. The number of ketones is 1. The van der Waals surface area contributed by atoms with Gasteiger partial charge in [-0.25, -0.2) is 0 Å². The zero-order valence-electron chi connectivity index (χ0n) is 11.5. The first kappa shape index (κ1) is 17.1. The normalized spacial score (nSPS) is 12.2. The van der Waals surface area contributed by atoms with E-state index in [1.165, 1.54) is 6.92 Å². The molecule has 18 heavy (non-hydrogen) atoms. The van der Waals surface area contributed by atoms with E-state index in [4.69, 9.17) is 10.5 Å². The quantitative estimate of drug-likeness (QED) is 0.427. The molecule has 1 atom stereocenters. The summed E-state index contributed by atoms with van der Waals surface area (Å²) >= 11 is 0. The van der Waals surface area contributed by atoms with Gasteiger partial charge >= 0.3 is 5.97 Å². The predicted octanol–water partition coefficient (Wildman–Crippen LogP) is 1.01. The summed E-state index contributed by atoms with van der Waals surface area (Å²) in [5.74, 6) is -0.178. The van der Waals surface area contributed by atoms with Gasteiger partial charge in [0.05, 0.1) is 12.6 Å². The lowest BCUT2D eigenvalue weighted by Gasteiger charge is -2.11. The largest absolute Gasteiger partial charge is 0.466 e. The number of carbonyl (C=O) groups excluding carboxylic acids is 2. The Morgan fingerprint density at radius 3 is 2.44 bits per heavy atom. The van der Waals surface area contributed by atoms with Crippen LogP contribution >= 0.6 is 0 Å². The lowest BCUT2D eigenvalue weighted by Crippen LogP contribution is -2.32. The fraction of sp³-hybridized carbons (Fsp3) is 0.846. The van der Waals surface area contributed by atoms with Crippen LogP contribution in [0.4, 0.5) is 0 Å². The maximum absolute atomic E-state index is 11.4. The molecule has 0 aliphatic heterocycles. The third kappa shape index (κ3) is 9.13. The average molecular weight is 258 g/mol. The highest BCUT2D eigenvalue weighted by molar-refractivity contribution is 5.82. The van der Waals surface area contributed by atoms with E-state index in [1.54, 1.807) is 7.05 Å². The first-order valence-corrected chi connectivity index (χ1v) is 6.65. The van der Waals surface area contributed by atoms with Crippen molar-refractivity contribution in [2.45, 2.75) is 51.5 Å². The molecule has 0 saturated heterocycles. The molecule has 0 unspecified atom stereocenters. The average Bonchev–Trinajstić information content (AvgIpc) is 2.34. The molecular formula is C13H26N2O3. The van der Waals surface area contributed by atoms with E-state index in [1.807, 2.05) is 0 Å². The molecule has 0 fully saturated rings. The van der Waals surface area contributed by atoms with Crippen molar-refractivity contribution in [1.82, 2.24) is 5.32 Å². The van der Waals surface area contributed by atoms with E-state index in [0.29, 0.717) is 13.0 Å². The molecule has 0 aliphatic carbocycles. The molecule has 0 rings (SSSR count). The second kappa shape index (κ2) is 11.2. The highest BCUT2D eigenvalue weighted by Gasteiger charge is 2.13. The van der Waals surface area contributed by atoms with Crippen molar-refractivity contribution >= 4 is 11.8 Å². The van der Waals surface area contributed by atoms with E-state index in [2.05, 4.69) is 5.32 Å². The topological polar surface area (TPSA) is 81.4 Å². The molecule has 0 heterocycles. The molecule has 106 valence electrons. The van der Waals surface area contributed by atoms with Crippen molar-refractivity contribution in [3.63, 3.8) is 0 Å². The van der Waals surface area contributed by atoms with Crippen LogP contribution in [0.25, 0.3) is 0 Å². The molecule has 0 bridgehead atoms. The van der Waals surface area contributed by atoms with Crippen molar-refractivity contribution in [2.75, 3.05) is 20.2 Å². The summed E-state index contributed by atoms with van der Waals surface area (Å²) in [4.78, 5) is 22.5. The van der Waals surface area contributed by atoms with E-state index in [9.17, 15) is 9.59 Å². The van der Waals surface area contributed by atoms with Gasteiger partial charge in [-0.1, -0.05) is 12.8 Å². The number of unbranched alkanes of at least 4 members (excludes halogenated alkanes) is 3. The second-order valence-corrected chi connectivity index (χ2v) is 4.41. The number of Topliss-reactive ketones (excluding diaryl/α,β-unsaturated/α-hetero) is 1. The monoisotopic (exact) mass is 258 g/mol. The summed E-state index contributed by atoms with van der Waals surface area (Å²) in [7, 11) is 1.72. The van der Waals surface area contributed by atoms with Crippen molar-refractivity contribution in [3.05, 3.63) is 0 Å². The fourth-order valence-electron chi connectivity index (χ4n) is 1.67. The molecule has 0 aliphatic rings. The number of rotatable bonds is 11. The Morgan fingerprint density at radius 1 is 1.22 bits per heavy atom. The highest BCUT2D eigenvalue weighted by Crippen LogP contribution is 2.03. The molecule has 0 aromatic rings. The van der Waals surface area contributed by atoms with Crippen LogP contribution in [0, 0.1) is 0 Å². The molecule has 5 nitrogen and oxygen atoms in total. The van der Waals surface area contributed by atoms with Crippen LogP contribution in [0.5, 0.6) is 0 Å². The minimum atomic E-state index is -0.248. The van der Waals surface area contributed by atoms with Gasteiger partial charge in [-0.2, -0.15) is 0 Å². The van der Waals surface area contributed by atoms with Gasteiger partial charge in [0.25, 0.3) is 0 Å². The zero-order valence-corrected chi connectivity index (χ0v) is 11.5. The van der Waals surface area contributed by atoms with Gasteiger partial charge in [0.1, 0.15) is 5.78 Å². The molecular weight excluding hydrogens is 232 g/mol. The summed E-state index contributed by atoms with van der Waals surface area (Å²) < 4.78 is 5.09. The van der Waals surface area contributed by atoms with Gasteiger partial charge in [0.15, 0.2) is 0 Å². The lowest BCUT2D eigenvalue weighted by molar-refractivity contribution is -0.144. The van der Waals surface area contributed by atoms with Crippen LogP contribution in [-0.2, 0) is 14.3 Å². The summed E-state index contributed by atoms with van der Waals surface area (Å²) in [6.07, 6.45) is 4.81. The van der Waals surface area contributed by atoms with Gasteiger partial charge < -0.3 is 15.8 Å². The maximum Gasteiger partial charge on any atom is 0.305 e. The van der Waals surface area contributed by atoms with Gasteiger partial charge in [-0.15, -0.1) is 0 Å². The highest BCUT2D eigenvalue weighted by atomic mass is 16.5. The summed E-state index contributed by atoms with van der Waals surface area (Å²) in [6.45, 7) is 2.70. The van der Waals surface area contributed by atoms with E-state index < -0.39 is 0 Å². The number of likely N-dealkylation sites (N-methyl/N-ethyl adjacent to an activating group) is 1. The molecule has 3 N–H and O–H groups in total. The Morgan fingerprint density at radius 2 is 1.89 bits per heavy atom. The molecule has 0 spiro atoms. The molecule has 0 aromatic heterocycles. The van der Waals surface area contributed by atoms with Crippen LogP contribution in [-0.4, -0.2) is 38.0 Å². The second-order valence-electron chi connectivity index (χ2n) is 4.41. The number of hydrogen-bond donors (Lipinski definition) is 2. The van der Waals surface area contributed by atoms with Crippen LogP contribution in [0.2, 0.25) is 0 Å². The number of ether oxygens (including phenoxy) is 1. The first-order valence-electron chi connectivity index (χ1n) is 6.65. The van der Waals surface area contributed by atoms with E-state index >= 15 is 0 Å².